The van der Waals surface area contributed by atoms with Crippen LogP contribution in [0.4, 0.5) is 4.39 Å². The maximum atomic E-state index is 13.7. The molecule has 1 N–H and O–H groups in total. The molecule has 2 nitrogen and oxygen atoms in total. The molecule has 1 unspecified atom stereocenters. The molecule has 0 amide bonds. The third-order valence-electron chi connectivity index (χ3n) is 3.23. The number of aryl methyl sites for hydroxylation is 2. The number of rotatable bonds is 5. The molecule has 2 rings (SSSR count). The fourth-order valence-corrected chi connectivity index (χ4v) is 2.38. The van der Waals surface area contributed by atoms with Crippen molar-refractivity contribution in [3.63, 3.8) is 0 Å². The van der Waals surface area contributed by atoms with Gasteiger partial charge in [0, 0.05) is 12.4 Å². The van der Waals surface area contributed by atoms with Gasteiger partial charge in [0.05, 0.1) is 6.04 Å². The van der Waals surface area contributed by atoms with Crippen LogP contribution >= 0.6 is 0 Å². The van der Waals surface area contributed by atoms with Gasteiger partial charge in [-0.2, -0.15) is 0 Å². The molecule has 2 aromatic rings. The van der Waals surface area contributed by atoms with Gasteiger partial charge in [0.15, 0.2) is 0 Å². The Morgan fingerprint density at radius 3 is 2.45 bits per heavy atom. The topological polar surface area (TPSA) is 24.9 Å². The molecule has 0 spiro atoms. The highest BCUT2D eigenvalue weighted by atomic mass is 19.1. The third-order valence-corrected chi connectivity index (χ3v) is 3.23. The summed E-state index contributed by atoms with van der Waals surface area (Å²) < 4.78 is 13.7. The molecule has 0 aliphatic rings. The zero-order valence-corrected chi connectivity index (χ0v) is 12.3. The van der Waals surface area contributed by atoms with Gasteiger partial charge in [0.2, 0.25) is 0 Å². The summed E-state index contributed by atoms with van der Waals surface area (Å²) >= 11 is 0. The number of halogens is 1. The first kappa shape index (κ1) is 14.7. The largest absolute Gasteiger partial charge is 0.306 e. The van der Waals surface area contributed by atoms with Crippen LogP contribution in [0.15, 0.2) is 36.7 Å². The second-order valence-corrected chi connectivity index (χ2v) is 5.24. The molecule has 0 radical (unpaired) electrons. The molecule has 1 aromatic carbocycles. The average Bonchev–Trinajstić information content (AvgIpc) is 2.38. The zero-order valence-electron chi connectivity index (χ0n) is 12.3. The Morgan fingerprint density at radius 1 is 1.05 bits per heavy atom. The van der Waals surface area contributed by atoms with E-state index in [1.54, 1.807) is 12.1 Å². The van der Waals surface area contributed by atoms with Gasteiger partial charge in [-0.15, -0.1) is 0 Å². The number of hydrogen-bond donors (Lipinski definition) is 1. The Bertz CT molecular complexity index is 561. The standard InChI is InChI=1S/C17H21FN2/c1-4-5-20-17(15-7-13(3)10-19-11-15)14-6-12(2)8-16(18)9-14/h6-11,17,20H,4-5H2,1-3H3. The second-order valence-electron chi connectivity index (χ2n) is 5.24. The summed E-state index contributed by atoms with van der Waals surface area (Å²) in [5, 5.41) is 3.48. The Kier molecular flexibility index (Phi) is 4.85. The van der Waals surface area contributed by atoms with E-state index in [4.69, 9.17) is 0 Å². The van der Waals surface area contributed by atoms with Crippen molar-refractivity contribution >= 4 is 0 Å². The van der Waals surface area contributed by atoms with E-state index in [0.717, 1.165) is 35.2 Å². The lowest BCUT2D eigenvalue weighted by atomic mass is 9.97. The van der Waals surface area contributed by atoms with Gasteiger partial charge in [-0.3, -0.25) is 4.98 Å². The minimum Gasteiger partial charge on any atom is -0.306 e. The van der Waals surface area contributed by atoms with Crippen LogP contribution in [0.2, 0.25) is 0 Å². The first-order chi connectivity index (χ1) is 9.60. The second kappa shape index (κ2) is 6.62. The Labute approximate surface area is 120 Å². The molecule has 1 heterocycles. The van der Waals surface area contributed by atoms with Crippen LogP contribution in [0.3, 0.4) is 0 Å². The first-order valence-electron chi connectivity index (χ1n) is 7.02. The van der Waals surface area contributed by atoms with Crippen LogP contribution in [0, 0.1) is 19.7 Å². The molecular weight excluding hydrogens is 251 g/mol. The van der Waals surface area contributed by atoms with Crippen molar-refractivity contribution in [3.05, 3.63) is 64.7 Å². The number of pyridine rings is 1. The lowest BCUT2D eigenvalue weighted by Crippen LogP contribution is -2.23. The highest BCUT2D eigenvalue weighted by Gasteiger charge is 2.15. The summed E-state index contributed by atoms with van der Waals surface area (Å²) in [4.78, 5) is 4.25. The zero-order chi connectivity index (χ0) is 14.5. The van der Waals surface area contributed by atoms with Crippen LogP contribution in [-0.2, 0) is 0 Å². The predicted molar refractivity (Wildman–Crippen MR) is 80.2 cm³/mol. The van der Waals surface area contributed by atoms with Crippen molar-refractivity contribution in [1.82, 2.24) is 10.3 Å². The van der Waals surface area contributed by atoms with Crippen molar-refractivity contribution in [3.8, 4) is 0 Å². The summed E-state index contributed by atoms with van der Waals surface area (Å²) in [6, 6.07) is 7.26. The number of hydrogen-bond acceptors (Lipinski definition) is 2. The van der Waals surface area contributed by atoms with Gasteiger partial charge in [-0.25, -0.2) is 4.39 Å². The molecule has 0 aliphatic heterocycles. The van der Waals surface area contributed by atoms with E-state index in [0.29, 0.717) is 0 Å². The van der Waals surface area contributed by atoms with Crippen molar-refractivity contribution < 1.29 is 4.39 Å². The summed E-state index contributed by atoms with van der Waals surface area (Å²) in [6.45, 7) is 6.94. The first-order valence-corrected chi connectivity index (χ1v) is 7.02. The van der Waals surface area contributed by atoms with E-state index in [2.05, 4.69) is 23.3 Å². The monoisotopic (exact) mass is 272 g/mol. The van der Waals surface area contributed by atoms with Crippen molar-refractivity contribution in [2.75, 3.05) is 6.54 Å². The molecule has 106 valence electrons. The average molecular weight is 272 g/mol. The summed E-state index contributed by atoms with van der Waals surface area (Å²) in [5.41, 5.74) is 4.06. The summed E-state index contributed by atoms with van der Waals surface area (Å²) in [5.74, 6) is -0.191. The third kappa shape index (κ3) is 3.64. The lowest BCUT2D eigenvalue weighted by molar-refractivity contribution is 0.583. The van der Waals surface area contributed by atoms with Crippen LogP contribution in [0.25, 0.3) is 0 Å². The molecule has 3 heteroatoms. The molecule has 1 atom stereocenters. The van der Waals surface area contributed by atoms with Crippen LogP contribution < -0.4 is 5.32 Å². The van der Waals surface area contributed by atoms with Crippen LogP contribution in [-0.4, -0.2) is 11.5 Å². The maximum Gasteiger partial charge on any atom is 0.123 e. The van der Waals surface area contributed by atoms with Gasteiger partial charge in [0.25, 0.3) is 0 Å². The Morgan fingerprint density at radius 2 is 1.80 bits per heavy atom. The minimum absolute atomic E-state index is 0.0169. The molecule has 0 fully saturated rings. The van der Waals surface area contributed by atoms with E-state index in [1.807, 2.05) is 32.3 Å². The number of nitrogens with zero attached hydrogens (tertiary/aromatic N) is 1. The number of aromatic nitrogens is 1. The van der Waals surface area contributed by atoms with E-state index in [-0.39, 0.29) is 11.9 Å². The van der Waals surface area contributed by atoms with Crippen LogP contribution in [0.5, 0.6) is 0 Å². The highest BCUT2D eigenvalue weighted by Crippen LogP contribution is 2.24. The van der Waals surface area contributed by atoms with Gasteiger partial charge >= 0.3 is 0 Å². The SMILES string of the molecule is CCCNC(c1cncc(C)c1)c1cc(C)cc(F)c1. The number of nitrogens with one attached hydrogen (secondary N) is 1. The normalized spacial score (nSPS) is 12.4. The summed E-state index contributed by atoms with van der Waals surface area (Å²) in [7, 11) is 0. The van der Waals surface area contributed by atoms with Gasteiger partial charge < -0.3 is 5.32 Å². The molecule has 1 aromatic heterocycles. The maximum absolute atomic E-state index is 13.7. The molecule has 0 saturated heterocycles. The molecule has 0 bridgehead atoms. The molecule has 0 saturated carbocycles. The minimum atomic E-state index is -0.191. The van der Waals surface area contributed by atoms with E-state index >= 15 is 0 Å². The van der Waals surface area contributed by atoms with Crippen LogP contribution in [0.1, 0.15) is 41.6 Å². The van der Waals surface area contributed by atoms with Crippen molar-refractivity contribution in [2.24, 2.45) is 0 Å². The molecule has 0 aliphatic carbocycles. The van der Waals surface area contributed by atoms with Crippen molar-refractivity contribution in [1.29, 1.82) is 0 Å². The number of benzene rings is 1. The Balaban J connectivity index is 2.41. The smallest absolute Gasteiger partial charge is 0.123 e. The van der Waals surface area contributed by atoms with Gasteiger partial charge in [-0.05, 0) is 61.2 Å². The quantitative estimate of drug-likeness (QED) is 0.892. The fourth-order valence-electron chi connectivity index (χ4n) is 2.38. The van der Waals surface area contributed by atoms with E-state index in [9.17, 15) is 4.39 Å². The lowest BCUT2D eigenvalue weighted by Gasteiger charge is -2.20. The molecular formula is C17H21FN2. The van der Waals surface area contributed by atoms with E-state index < -0.39 is 0 Å². The highest BCUT2D eigenvalue weighted by molar-refractivity contribution is 5.34. The van der Waals surface area contributed by atoms with E-state index in [1.165, 1.54) is 0 Å². The summed E-state index contributed by atoms with van der Waals surface area (Å²) in [6.07, 6.45) is 4.71. The Hall–Kier alpha value is -1.74. The fraction of sp³-hybridized carbons (Fsp3) is 0.353. The van der Waals surface area contributed by atoms with Crippen molar-refractivity contribution in [2.45, 2.75) is 33.2 Å². The van der Waals surface area contributed by atoms with Gasteiger partial charge in [0.1, 0.15) is 5.82 Å². The molecule has 20 heavy (non-hydrogen) atoms. The predicted octanol–water partition coefficient (Wildman–Crippen LogP) is 3.93. The van der Waals surface area contributed by atoms with Gasteiger partial charge in [-0.1, -0.05) is 19.1 Å².